The van der Waals surface area contributed by atoms with E-state index in [1.165, 1.54) is 0 Å². The standard InChI is InChI=1S/C15H25ClN2O/c1-10(2)5-8-14(19)15(17)12-7-6-11(18(3)4)9-13(12)16/h6-7,9-10,14-15,19H,5,8,17H2,1-4H3/t14-,15+/m1/s1. The quantitative estimate of drug-likeness (QED) is 0.843. The van der Waals surface area contributed by atoms with E-state index in [-0.39, 0.29) is 0 Å². The van der Waals surface area contributed by atoms with Crippen LogP contribution < -0.4 is 10.6 Å². The van der Waals surface area contributed by atoms with Crippen LogP contribution in [0, 0.1) is 5.92 Å². The van der Waals surface area contributed by atoms with Gasteiger partial charge in [-0.2, -0.15) is 0 Å². The maximum Gasteiger partial charge on any atom is 0.0733 e. The van der Waals surface area contributed by atoms with Gasteiger partial charge in [-0.05, 0) is 36.5 Å². The number of halogens is 1. The maximum absolute atomic E-state index is 10.1. The van der Waals surface area contributed by atoms with Gasteiger partial charge in [0.1, 0.15) is 0 Å². The number of benzene rings is 1. The third-order valence-electron chi connectivity index (χ3n) is 3.31. The van der Waals surface area contributed by atoms with E-state index in [0.717, 1.165) is 17.7 Å². The highest BCUT2D eigenvalue weighted by Crippen LogP contribution is 2.29. The summed E-state index contributed by atoms with van der Waals surface area (Å²) in [5.41, 5.74) is 7.94. The summed E-state index contributed by atoms with van der Waals surface area (Å²) in [6.45, 7) is 4.27. The Bertz CT molecular complexity index is 407. The molecule has 1 aromatic rings. The largest absolute Gasteiger partial charge is 0.391 e. The Morgan fingerprint density at radius 2 is 1.89 bits per heavy atom. The van der Waals surface area contributed by atoms with Crippen molar-refractivity contribution in [3.05, 3.63) is 28.8 Å². The van der Waals surface area contributed by atoms with E-state index in [1.54, 1.807) is 0 Å². The molecular weight excluding hydrogens is 260 g/mol. The Kier molecular flexibility index (Phi) is 6.11. The summed E-state index contributed by atoms with van der Waals surface area (Å²) >= 11 is 6.26. The molecule has 0 aliphatic carbocycles. The normalized spacial score (nSPS) is 14.5. The van der Waals surface area contributed by atoms with Crippen molar-refractivity contribution in [2.75, 3.05) is 19.0 Å². The molecule has 0 bridgehead atoms. The zero-order valence-corrected chi connectivity index (χ0v) is 13.0. The lowest BCUT2D eigenvalue weighted by molar-refractivity contribution is 0.128. The van der Waals surface area contributed by atoms with Gasteiger partial charge >= 0.3 is 0 Å². The van der Waals surface area contributed by atoms with Gasteiger partial charge in [0.2, 0.25) is 0 Å². The molecule has 0 amide bonds. The molecule has 3 N–H and O–H groups in total. The van der Waals surface area contributed by atoms with E-state index in [1.807, 2.05) is 37.2 Å². The molecule has 0 aliphatic heterocycles. The van der Waals surface area contributed by atoms with E-state index in [9.17, 15) is 5.11 Å². The molecule has 0 heterocycles. The first-order valence-electron chi connectivity index (χ1n) is 6.73. The molecule has 108 valence electrons. The second-order valence-corrected chi connectivity index (χ2v) is 6.07. The minimum atomic E-state index is -0.551. The minimum Gasteiger partial charge on any atom is -0.391 e. The predicted molar refractivity (Wildman–Crippen MR) is 82.8 cm³/mol. The van der Waals surface area contributed by atoms with Gasteiger partial charge in [-0.3, -0.25) is 0 Å². The lowest BCUT2D eigenvalue weighted by Gasteiger charge is -2.22. The summed E-state index contributed by atoms with van der Waals surface area (Å²) < 4.78 is 0. The molecule has 0 unspecified atom stereocenters. The molecule has 1 rings (SSSR count). The van der Waals surface area contributed by atoms with Gasteiger partial charge < -0.3 is 15.7 Å². The highest BCUT2D eigenvalue weighted by Gasteiger charge is 2.19. The fourth-order valence-corrected chi connectivity index (χ4v) is 2.26. The molecular formula is C15H25ClN2O. The zero-order valence-electron chi connectivity index (χ0n) is 12.2. The lowest BCUT2D eigenvalue weighted by atomic mass is 9.96. The van der Waals surface area contributed by atoms with Gasteiger partial charge in [0.05, 0.1) is 12.1 Å². The van der Waals surface area contributed by atoms with Crippen molar-refractivity contribution >= 4 is 17.3 Å². The monoisotopic (exact) mass is 284 g/mol. The Hall–Kier alpha value is -0.770. The lowest BCUT2D eigenvalue weighted by Crippen LogP contribution is -2.27. The van der Waals surface area contributed by atoms with Crippen LogP contribution in [0.3, 0.4) is 0 Å². The van der Waals surface area contributed by atoms with Crippen molar-refractivity contribution < 1.29 is 5.11 Å². The fraction of sp³-hybridized carbons (Fsp3) is 0.600. The second kappa shape index (κ2) is 7.13. The van der Waals surface area contributed by atoms with E-state index in [4.69, 9.17) is 17.3 Å². The molecule has 0 saturated carbocycles. The van der Waals surface area contributed by atoms with Crippen molar-refractivity contribution in [2.24, 2.45) is 11.7 Å². The van der Waals surface area contributed by atoms with Gasteiger partial charge in [-0.1, -0.05) is 31.5 Å². The number of nitrogens with zero attached hydrogens (tertiary/aromatic N) is 1. The first-order valence-corrected chi connectivity index (χ1v) is 7.11. The van der Waals surface area contributed by atoms with E-state index in [0.29, 0.717) is 17.4 Å². The van der Waals surface area contributed by atoms with Crippen LogP contribution in [0.15, 0.2) is 18.2 Å². The van der Waals surface area contributed by atoms with Crippen LogP contribution in [0.1, 0.15) is 38.3 Å². The van der Waals surface area contributed by atoms with Gasteiger partial charge in [-0.25, -0.2) is 0 Å². The average molecular weight is 285 g/mol. The van der Waals surface area contributed by atoms with Crippen molar-refractivity contribution in [1.82, 2.24) is 0 Å². The van der Waals surface area contributed by atoms with E-state index in [2.05, 4.69) is 13.8 Å². The van der Waals surface area contributed by atoms with Crippen LogP contribution >= 0.6 is 11.6 Å². The number of aliphatic hydroxyl groups is 1. The molecule has 0 saturated heterocycles. The number of hydrogen-bond donors (Lipinski definition) is 2. The third-order valence-corrected chi connectivity index (χ3v) is 3.64. The topological polar surface area (TPSA) is 49.5 Å². The van der Waals surface area contributed by atoms with Gasteiger partial charge in [0.15, 0.2) is 0 Å². The molecule has 19 heavy (non-hydrogen) atoms. The number of nitrogens with two attached hydrogens (primary N) is 1. The van der Waals surface area contributed by atoms with Crippen LogP contribution in [0.5, 0.6) is 0 Å². The van der Waals surface area contributed by atoms with Crippen LogP contribution in [0.4, 0.5) is 5.69 Å². The Labute approximate surface area is 121 Å². The van der Waals surface area contributed by atoms with Gasteiger partial charge in [-0.15, -0.1) is 0 Å². The molecule has 0 radical (unpaired) electrons. The number of anilines is 1. The molecule has 0 aliphatic rings. The third kappa shape index (κ3) is 4.68. The van der Waals surface area contributed by atoms with Crippen LogP contribution in [-0.2, 0) is 0 Å². The fourth-order valence-electron chi connectivity index (χ4n) is 1.96. The zero-order chi connectivity index (χ0) is 14.6. The van der Waals surface area contributed by atoms with Crippen LogP contribution in [0.2, 0.25) is 5.02 Å². The van der Waals surface area contributed by atoms with Gasteiger partial charge in [0.25, 0.3) is 0 Å². The van der Waals surface area contributed by atoms with Crippen molar-refractivity contribution in [3.8, 4) is 0 Å². The molecule has 2 atom stereocenters. The molecule has 4 heteroatoms. The number of hydrogen-bond acceptors (Lipinski definition) is 3. The summed E-state index contributed by atoms with van der Waals surface area (Å²) in [4.78, 5) is 1.98. The molecule has 1 aromatic carbocycles. The smallest absolute Gasteiger partial charge is 0.0733 e. The molecule has 0 fully saturated rings. The Morgan fingerprint density at radius 3 is 2.37 bits per heavy atom. The highest BCUT2D eigenvalue weighted by atomic mass is 35.5. The number of rotatable bonds is 6. The Morgan fingerprint density at radius 1 is 1.26 bits per heavy atom. The first kappa shape index (κ1) is 16.3. The van der Waals surface area contributed by atoms with E-state index < -0.39 is 12.1 Å². The van der Waals surface area contributed by atoms with Crippen molar-refractivity contribution in [2.45, 2.75) is 38.8 Å². The number of aliphatic hydroxyl groups excluding tert-OH is 1. The minimum absolute atomic E-state index is 0.428. The van der Waals surface area contributed by atoms with Crippen molar-refractivity contribution in [1.29, 1.82) is 0 Å². The van der Waals surface area contributed by atoms with Gasteiger partial charge in [0, 0.05) is 24.8 Å². The first-order chi connectivity index (χ1) is 8.82. The summed E-state index contributed by atoms with van der Waals surface area (Å²) in [5.74, 6) is 0.563. The summed E-state index contributed by atoms with van der Waals surface area (Å²) in [5, 5.41) is 10.7. The molecule has 0 aromatic heterocycles. The van der Waals surface area contributed by atoms with Crippen molar-refractivity contribution in [3.63, 3.8) is 0 Å². The molecule has 3 nitrogen and oxygen atoms in total. The van der Waals surface area contributed by atoms with Crippen LogP contribution in [0.25, 0.3) is 0 Å². The summed E-state index contributed by atoms with van der Waals surface area (Å²) in [7, 11) is 3.92. The molecule has 0 spiro atoms. The second-order valence-electron chi connectivity index (χ2n) is 5.66. The van der Waals surface area contributed by atoms with E-state index >= 15 is 0 Å². The SMILES string of the molecule is CC(C)CC[C@@H](O)[C@@H](N)c1ccc(N(C)C)cc1Cl. The summed E-state index contributed by atoms with van der Waals surface area (Å²) in [6.07, 6.45) is 1.11. The Balaban J connectivity index is 2.79. The summed E-state index contributed by atoms with van der Waals surface area (Å²) in [6, 6.07) is 5.32. The average Bonchev–Trinajstić information content (AvgIpc) is 2.34. The van der Waals surface area contributed by atoms with Crippen LogP contribution in [-0.4, -0.2) is 25.3 Å². The highest BCUT2D eigenvalue weighted by molar-refractivity contribution is 6.31. The maximum atomic E-state index is 10.1. The predicted octanol–water partition coefficient (Wildman–Crippen LogP) is 3.20.